The summed E-state index contributed by atoms with van der Waals surface area (Å²) in [6.45, 7) is 3.72. The normalized spacial score (nSPS) is 12.0. The van der Waals surface area contributed by atoms with Gasteiger partial charge in [0.25, 0.3) is 5.22 Å². The van der Waals surface area contributed by atoms with Crippen LogP contribution in [0.3, 0.4) is 0 Å². The van der Waals surface area contributed by atoms with E-state index in [1.807, 2.05) is 31.2 Å². The molecule has 0 bridgehead atoms. The molecule has 0 radical (unpaired) electrons. The average molecular weight is 409 g/mol. The number of thioether (sulfide) groups is 1. The van der Waals surface area contributed by atoms with Gasteiger partial charge in [-0.15, -0.1) is 10.2 Å². The van der Waals surface area contributed by atoms with E-state index in [1.54, 1.807) is 6.92 Å². The van der Waals surface area contributed by atoms with Crippen LogP contribution in [0.25, 0.3) is 11.5 Å². The van der Waals surface area contributed by atoms with Crippen LogP contribution in [0.4, 0.5) is 5.82 Å². The lowest BCUT2D eigenvalue weighted by molar-refractivity contribution is -0.115. The highest BCUT2D eigenvalue weighted by Crippen LogP contribution is 2.28. The molecule has 3 aromatic rings. The fourth-order valence-corrected chi connectivity index (χ4v) is 3.11. The minimum atomic E-state index is -0.491. The lowest BCUT2D eigenvalue weighted by Gasteiger charge is -2.10. The van der Waals surface area contributed by atoms with Crippen LogP contribution in [0, 0.1) is 6.92 Å². The number of aryl methyl sites for hydroxylation is 1. The van der Waals surface area contributed by atoms with Crippen LogP contribution in [0.1, 0.15) is 12.5 Å². The number of nitrogens with one attached hydrogen (secondary N) is 1. The molecule has 26 heavy (non-hydrogen) atoms. The Kier molecular flexibility index (Phi) is 5.80. The molecule has 2 heterocycles. The van der Waals surface area contributed by atoms with E-state index >= 15 is 0 Å². The molecule has 1 N–H and O–H groups in total. The minimum Gasteiger partial charge on any atom is -0.411 e. The van der Waals surface area contributed by atoms with Gasteiger partial charge >= 0.3 is 0 Å². The monoisotopic (exact) mass is 408 g/mol. The van der Waals surface area contributed by atoms with Crippen molar-refractivity contribution in [2.45, 2.75) is 24.3 Å². The molecule has 0 spiro atoms. The lowest BCUT2D eigenvalue weighted by Crippen LogP contribution is -2.23. The second-order valence-electron chi connectivity index (χ2n) is 5.47. The van der Waals surface area contributed by atoms with Gasteiger partial charge in [-0.05, 0) is 32.0 Å². The summed E-state index contributed by atoms with van der Waals surface area (Å²) in [5.74, 6) is 0.365. The van der Waals surface area contributed by atoms with Gasteiger partial charge in [0.15, 0.2) is 5.82 Å². The molecule has 2 aromatic heterocycles. The predicted molar refractivity (Wildman–Crippen MR) is 103 cm³/mol. The van der Waals surface area contributed by atoms with Gasteiger partial charge < -0.3 is 9.73 Å². The van der Waals surface area contributed by atoms with Gasteiger partial charge in [-0.2, -0.15) is 0 Å². The van der Waals surface area contributed by atoms with Crippen molar-refractivity contribution in [3.05, 3.63) is 52.1 Å². The topological polar surface area (TPSA) is 80.9 Å². The van der Waals surface area contributed by atoms with Crippen molar-refractivity contribution in [2.24, 2.45) is 0 Å². The largest absolute Gasteiger partial charge is 0.411 e. The van der Waals surface area contributed by atoms with Crippen LogP contribution in [0.2, 0.25) is 10.0 Å². The highest BCUT2D eigenvalue weighted by Gasteiger charge is 2.20. The van der Waals surface area contributed by atoms with Gasteiger partial charge in [-0.25, -0.2) is 4.98 Å². The first-order valence-corrected chi connectivity index (χ1v) is 9.25. The predicted octanol–water partition coefficient (Wildman–Crippen LogP) is 4.87. The van der Waals surface area contributed by atoms with Crippen molar-refractivity contribution in [3.8, 4) is 11.5 Å². The standard InChI is InChI=1S/C17H14Cl2N4O2S/c1-9-3-5-11(6-4-9)16-22-23-17(25-16)26-10(2)15(24)21-14-13(19)7-12(18)8-20-14/h3-8,10H,1-2H3,(H,20,21,24)/t10-/m1/s1. The van der Waals surface area contributed by atoms with Crippen LogP contribution >= 0.6 is 35.0 Å². The summed E-state index contributed by atoms with van der Waals surface area (Å²) in [6.07, 6.45) is 1.41. The van der Waals surface area contributed by atoms with Crippen molar-refractivity contribution in [2.75, 3.05) is 5.32 Å². The van der Waals surface area contributed by atoms with Crippen LogP contribution in [-0.2, 0) is 4.79 Å². The quantitative estimate of drug-likeness (QED) is 0.606. The fourth-order valence-electron chi connectivity index (χ4n) is 2.00. The third-order valence-electron chi connectivity index (χ3n) is 3.40. The number of rotatable bonds is 5. The molecule has 0 aliphatic heterocycles. The number of pyridine rings is 1. The van der Waals surface area contributed by atoms with E-state index < -0.39 is 5.25 Å². The Hall–Kier alpha value is -2.09. The number of hydrogen-bond donors (Lipinski definition) is 1. The molecule has 0 aliphatic rings. The average Bonchev–Trinajstić information content (AvgIpc) is 3.06. The Labute approximate surface area is 164 Å². The van der Waals surface area contributed by atoms with Crippen molar-refractivity contribution in [1.82, 2.24) is 15.2 Å². The Morgan fingerprint density at radius 1 is 1.23 bits per heavy atom. The second kappa shape index (κ2) is 8.07. The molecule has 9 heteroatoms. The maximum absolute atomic E-state index is 12.3. The Morgan fingerprint density at radius 3 is 2.65 bits per heavy atom. The van der Waals surface area contributed by atoms with Crippen molar-refractivity contribution in [1.29, 1.82) is 0 Å². The summed E-state index contributed by atoms with van der Waals surface area (Å²) in [5, 5.41) is 11.1. The Bertz CT molecular complexity index is 931. The summed E-state index contributed by atoms with van der Waals surface area (Å²) in [5.41, 5.74) is 1.96. The highest BCUT2D eigenvalue weighted by molar-refractivity contribution is 8.00. The smallest absolute Gasteiger partial charge is 0.277 e. The summed E-state index contributed by atoms with van der Waals surface area (Å²) in [6, 6.07) is 9.25. The number of carbonyl (C=O) groups is 1. The third-order valence-corrected chi connectivity index (χ3v) is 4.83. The van der Waals surface area contributed by atoms with Crippen LogP contribution in [0.5, 0.6) is 0 Å². The van der Waals surface area contributed by atoms with Crippen molar-refractivity contribution >= 4 is 46.7 Å². The van der Waals surface area contributed by atoms with E-state index in [-0.39, 0.29) is 16.7 Å². The molecule has 1 amide bonds. The van der Waals surface area contributed by atoms with E-state index in [2.05, 4.69) is 20.5 Å². The van der Waals surface area contributed by atoms with Gasteiger partial charge in [0.05, 0.1) is 15.3 Å². The zero-order valence-electron chi connectivity index (χ0n) is 13.9. The van der Waals surface area contributed by atoms with E-state index in [0.29, 0.717) is 16.1 Å². The summed E-state index contributed by atoms with van der Waals surface area (Å²) < 4.78 is 5.62. The molecule has 0 fully saturated rings. The fraction of sp³-hybridized carbons (Fsp3) is 0.176. The number of nitrogens with zero attached hydrogens (tertiary/aromatic N) is 3. The maximum Gasteiger partial charge on any atom is 0.277 e. The van der Waals surface area contributed by atoms with Crippen LogP contribution in [0.15, 0.2) is 46.2 Å². The first-order valence-electron chi connectivity index (χ1n) is 7.61. The number of anilines is 1. The summed E-state index contributed by atoms with van der Waals surface area (Å²) >= 11 is 13.0. The third kappa shape index (κ3) is 4.55. The molecule has 0 aliphatic carbocycles. The number of carbonyl (C=O) groups excluding carboxylic acids is 1. The maximum atomic E-state index is 12.3. The van der Waals surface area contributed by atoms with Crippen LogP contribution in [-0.4, -0.2) is 26.3 Å². The van der Waals surface area contributed by atoms with E-state index in [4.69, 9.17) is 27.6 Å². The summed E-state index contributed by atoms with van der Waals surface area (Å²) in [4.78, 5) is 16.3. The van der Waals surface area contributed by atoms with Crippen molar-refractivity contribution < 1.29 is 9.21 Å². The number of benzene rings is 1. The van der Waals surface area contributed by atoms with E-state index in [0.717, 1.165) is 22.9 Å². The van der Waals surface area contributed by atoms with E-state index in [9.17, 15) is 4.79 Å². The van der Waals surface area contributed by atoms with Crippen LogP contribution < -0.4 is 5.32 Å². The SMILES string of the molecule is Cc1ccc(-c2nnc(S[C@H](C)C(=O)Nc3ncc(Cl)cc3Cl)o2)cc1. The highest BCUT2D eigenvalue weighted by atomic mass is 35.5. The lowest BCUT2D eigenvalue weighted by atomic mass is 10.1. The number of halogens is 2. The molecule has 0 saturated heterocycles. The number of aromatic nitrogens is 3. The molecule has 6 nitrogen and oxygen atoms in total. The molecular weight excluding hydrogens is 395 g/mol. The van der Waals surface area contributed by atoms with Gasteiger partial charge in [-0.3, -0.25) is 4.79 Å². The first kappa shape index (κ1) is 18.7. The van der Waals surface area contributed by atoms with Gasteiger partial charge in [-0.1, -0.05) is 52.7 Å². The summed E-state index contributed by atoms with van der Waals surface area (Å²) in [7, 11) is 0. The minimum absolute atomic E-state index is 0.249. The van der Waals surface area contributed by atoms with Gasteiger partial charge in [0, 0.05) is 11.8 Å². The number of hydrogen-bond acceptors (Lipinski definition) is 6. The zero-order chi connectivity index (χ0) is 18.7. The number of amides is 1. The molecule has 0 unspecified atom stereocenters. The molecule has 1 atom stereocenters. The zero-order valence-corrected chi connectivity index (χ0v) is 16.2. The Morgan fingerprint density at radius 2 is 1.96 bits per heavy atom. The molecule has 1 aromatic carbocycles. The molecule has 3 rings (SSSR count). The van der Waals surface area contributed by atoms with Crippen molar-refractivity contribution in [3.63, 3.8) is 0 Å². The second-order valence-corrected chi connectivity index (χ2v) is 7.61. The van der Waals surface area contributed by atoms with Gasteiger partial charge in [0.2, 0.25) is 11.8 Å². The van der Waals surface area contributed by atoms with E-state index in [1.165, 1.54) is 12.3 Å². The molecular formula is C17H14Cl2N4O2S. The molecule has 0 saturated carbocycles. The first-order chi connectivity index (χ1) is 12.4. The molecule has 134 valence electrons. The Balaban J connectivity index is 1.65. The van der Waals surface area contributed by atoms with Gasteiger partial charge in [0.1, 0.15) is 0 Å².